The first kappa shape index (κ1) is 17.7. The van der Waals surface area contributed by atoms with E-state index in [0.717, 1.165) is 60.3 Å². The van der Waals surface area contributed by atoms with E-state index in [1.807, 2.05) is 31.2 Å². The molecule has 2 amide bonds. The number of benzene rings is 1. The number of morpholine rings is 1. The number of rotatable bonds is 4. The number of amides is 2. The second kappa shape index (κ2) is 7.89. The van der Waals surface area contributed by atoms with Gasteiger partial charge in [-0.3, -0.25) is 0 Å². The molecule has 27 heavy (non-hydrogen) atoms. The number of hydrogen-bond acceptors (Lipinski definition) is 6. The van der Waals surface area contributed by atoms with Gasteiger partial charge in [-0.05, 0) is 19.1 Å². The highest BCUT2D eigenvalue weighted by molar-refractivity contribution is 5.89. The minimum absolute atomic E-state index is 0.202. The Morgan fingerprint density at radius 1 is 1.19 bits per heavy atom. The van der Waals surface area contributed by atoms with Crippen LogP contribution in [0.2, 0.25) is 0 Å². The number of carbonyl (C=O) groups is 1. The topological polar surface area (TPSA) is 91.4 Å². The van der Waals surface area contributed by atoms with Crippen LogP contribution in [0.25, 0.3) is 11.3 Å². The highest BCUT2D eigenvalue weighted by Crippen LogP contribution is 2.30. The van der Waals surface area contributed by atoms with Gasteiger partial charge in [0, 0.05) is 49.5 Å². The molecule has 3 heterocycles. The van der Waals surface area contributed by atoms with E-state index in [9.17, 15) is 4.79 Å². The molecule has 8 heteroatoms. The molecule has 0 saturated carbocycles. The quantitative estimate of drug-likeness (QED) is 0.761. The lowest BCUT2D eigenvalue weighted by Crippen LogP contribution is -2.37. The van der Waals surface area contributed by atoms with Gasteiger partial charge < -0.3 is 25.6 Å². The fourth-order valence-corrected chi connectivity index (χ4v) is 3.35. The Morgan fingerprint density at radius 2 is 1.96 bits per heavy atom. The summed E-state index contributed by atoms with van der Waals surface area (Å²) in [6.45, 7) is 7.03. The first-order chi connectivity index (χ1) is 13.2. The second-order valence-electron chi connectivity index (χ2n) is 6.56. The van der Waals surface area contributed by atoms with Crippen molar-refractivity contribution in [3.05, 3.63) is 35.5 Å². The molecule has 8 nitrogen and oxygen atoms in total. The van der Waals surface area contributed by atoms with Crippen LogP contribution < -0.4 is 20.9 Å². The van der Waals surface area contributed by atoms with Crippen LogP contribution in [-0.2, 0) is 17.8 Å². The van der Waals surface area contributed by atoms with Crippen molar-refractivity contribution in [3.63, 3.8) is 0 Å². The minimum Gasteiger partial charge on any atom is -0.378 e. The summed E-state index contributed by atoms with van der Waals surface area (Å²) < 4.78 is 5.44. The van der Waals surface area contributed by atoms with E-state index in [2.05, 4.69) is 20.9 Å². The fraction of sp³-hybridized carbons (Fsp3) is 0.421. The summed E-state index contributed by atoms with van der Waals surface area (Å²) in [7, 11) is 0. The van der Waals surface area contributed by atoms with Crippen LogP contribution in [0.5, 0.6) is 0 Å². The van der Waals surface area contributed by atoms with E-state index >= 15 is 0 Å². The number of aromatic nitrogens is 2. The lowest BCUT2D eigenvalue weighted by molar-refractivity contribution is 0.122. The summed E-state index contributed by atoms with van der Waals surface area (Å²) in [6.07, 6.45) is 0. The number of fused-ring (bicyclic) bond motifs is 1. The summed E-state index contributed by atoms with van der Waals surface area (Å²) in [5, 5.41) is 8.91. The van der Waals surface area contributed by atoms with Crippen molar-refractivity contribution < 1.29 is 9.53 Å². The van der Waals surface area contributed by atoms with Crippen LogP contribution in [0.1, 0.15) is 18.2 Å². The Kier molecular flexibility index (Phi) is 5.17. The normalized spacial score (nSPS) is 16.1. The van der Waals surface area contributed by atoms with Gasteiger partial charge >= 0.3 is 6.03 Å². The van der Waals surface area contributed by atoms with Crippen LogP contribution in [0.15, 0.2) is 24.3 Å². The van der Waals surface area contributed by atoms with Crippen molar-refractivity contribution in [2.24, 2.45) is 0 Å². The molecule has 1 aromatic carbocycles. The monoisotopic (exact) mass is 368 g/mol. The first-order valence-corrected chi connectivity index (χ1v) is 9.33. The van der Waals surface area contributed by atoms with E-state index in [0.29, 0.717) is 19.8 Å². The van der Waals surface area contributed by atoms with Gasteiger partial charge in [0.15, 0.2) is 0 Å². The molecule has 0 unspecified atom stereocenters. The number of nitrogens with zero attached hydrogens (tertiary/aromatic N) is 3. The third kappa shape index (κ3) is 3.86. The number of nitrogens with one attached hydrogen (secondary N) is 3. The van der Waals surface area contributed by atoms with Crippen LogP contribution >= 0.6 is 0 Å². The smallest absolute Gasteiger partial charge is 0.319 e. The second-order valence-corrected chi connectivity index (χ2v) is 6.56. The molecular formula is C19H24N6O2. The standard InChI is InChI=1S/C19H24N6O2/c1-2-21-19(26)22-14-5-3-13(4-6-14)17-15-11-20-12-16(15)23-18(24-17)25-7-9-27-10-8-25/h3-6,20H,2,7-12H2,1H3,(H2,21,22,26). The molecule has 0 bridgehead atoms. The molecule has 2 aromatic rings. The zero-order chi connectivity index (χ0) is 18.6. The largest absolute Gasteiger partial charge is 0.378 e. The number of anilines is 2. The van der Waals surface area contributed by atoms with E-state index in [1.54, 1.807) is 0 Å². The minimum atomic E-state index is -0.202. The Labute approximate surface area is 158 Å². The van der Waals surface area contributed by atoms with Crippen molar-refractivity contribution in [2.75, 3.05) is 43.1 Å². The van der Waals surface area contributed by atoms with Crippen molar-refractivity contribution >= 4 is 17.7 Å². The van der Waals surface area contributed by atoms with Crippen molar-refractivity contribution in [2.45, 2.75) is 20.0 Å². The van der Waals surface area contributed by atoms with Crippen molar-refractivity contribution in [3.8, 4) is 11.3 Å². The molecule has 2 aliphatic rings. The van der Waals surface area contributed by atoms with Crippen molar-refractivity contribution in [1.29, 1.82) is 0 Å². The average molecular weight is 368 g/mol. The van der Waals surface area contributed by atoms with Crippen LogP contribution in [0.3, 0.4) is 0 Å². The van der Waals surface area contributed by atoms with Crippen LogP contribution in [-0.4, -0.2) is 48.8 Å². The lowest BCUT2D eigenvalue weighted by Gasteiger charge is -2.27. The lowest BCUT2D eigenvalue weighted by atomic mass is 10.1. The third-order valence-corrected chi connectivity index (χ3v) is 4.72. The van der Waals surface area contributed by atoms with E-state index in [-0.39, 0.29) is 6.03 Å². The zero-order valence-corrected chi connectivity index (χ0v) is 15.4. The SMILES string of the molecule is CCNC(=O)Nc1ccc(-c2nc(N3CCOCC3)nc3c2CNC3)cc1. The van der Waals surface area contributed by atoms with Gasteiger partial charge in [0.2, 0.25) is 5.95 Å². The van der Waals surface area contributed by atoms with E-state index < -0.39 is 0 Å². The Morgan fingerprint density at radius 3 is 2.70 bits per heavy atom. The van der Waals surface area contributed by atoms with Gasteiger partial charge in [-0.15, -0.1) is 0 Å². The molecule has 0 spiro atoms. The maximum Gasteiger partial charge on any atom is 0.319 e. The maximum atomic E-state index is 11.7. The number of ether oxygens (including phenoxy) is 1. The fourth-order valence-electron chi connectivity index (χ4n) is 3.35. The molecule has 0 atom stereocenters. The predicted octanol–water partition coefficient (Wildman–Crippen LogP) is 1.72. The summed E-state index contributed by atoms with van der Waals surface area (Å²) >= 11 is 0. The number of urea groups is 1. The summed E-state index contributed by atoms with van der Waals surface area (Å²) in [5.41, 5.74) is 4.94. The third-order valence-electron chi connectivity index (χ3n) is 4.72. The van der Waals surface area contributed by atoms with Gasteiger partial charge in [-0.25, -0.2) is 14.8 Å². The molecule has 3 N–H and O–H groups in total. The molecule has 0 radical (unpaired) electrons. The Balaban J connectivity index is 1.62. The molecule has 4 rings (SSSR count). The molecule has 1 saturated heterocycles. The molecule has 1 aromatic heterocycles. The van der Waals surface area contributed by atoms with E-state index in [4.69, 9.17) is 14.7 Å². The predicted molar refractivity (Wildman–Crippen MR) is 104 cm³/mol. The van der Waals surface area contributed by atoms with Gasteiger partial charge in [0.1, 0.15) is 0 Å². The van der Waals surface area contributed by atoms with Gasteiger partial charge in [0.05, 0.1) is 24.6 Å². The maximum absolute atomic E-state index is 11.7. The Hall–Kier alpha value is -2.71. The van der Waals surface area contributed by atoms with E-state index in [1.165, 1.54) is 0 Å². The highest BCUT2D eigenvalue weighted by atomic mass is 16.5. The first-order valence-electron chi connectivity index (χ1n) is 9.33. The number of hydrogen-bond donors (Lipinski definition) is 3. The van der Waals surface area contributed by atoms with Gasteiger partial charge in [-0.1, -0.05) is 12.1 Å². The average Bonchev–Trinajstić information content (AvgIpc) is 3.17. The summed E-state index contributed by atoms with van der Waals surface area (Å²) in [6, 6.07) is 7.58. The Bertz CT molecular complexity index is 818. The van der Waals surface area contributed by atoms with Gasteiger partial charge in [0.25, 0.3) is 0 Å². The molecule has 1 fully saturated rings. The summed E-state index contributed by atoms with van der Waals surface area (Å²) in [5.74, 6) is 0.764. The van der Waals surface area contributed by atoms with Crippen LogP contribution in [0.4, 0.5) is 16.4 Å². The molecule has 142 valence electrons. The highest BCUT2D eigenvalue weighted by Gasteiger charge is 2.23. The number of carbonyl (C=O) groups excluding carboxylic acids is 1. The molecule has 0 aliphatic carbocycles. The van der Waals surface area contributed by atoms with Crippen molar-refractivity contribution in [1.82, 2.24) is 20.6 Å². The summed E-state index contributed by atoms with van der Waals surface area (Å²) in [4.78, 5) is 23.5. The molecule has 2 aliphatic heterocycles. The van der Waals surface area contributed by atoms with Gasteiger partial charge in [-0.2, -0.15) is 0 Å². The molecular weight excluding hydrogens is 344 g/mol. The van der Waals surface area contributed by atoms with Crippen LogP contribution in [0, 0.1) is 0 Å². The zero-order valence-electron chi connectivity index (χ0n) is 15.4.